The van der Waals surface area contributed by atoms with Gasteiger partial charge >= 0.3 is 5.97 Å². The van der Waals surface area contributed by atoms with Crippen molar-refractivity contribution in [3.63, 3.8) is 0 Å². The van der Waals surface area contributed by atoms with Gasteiger partial charge in [0.1, 0.15) is 6.04 Å². The highest BCUT2D eigenvalue weighted by molar-refractivity contribution is 5.72. The van der Waals surface area contributed by atoms with Crippen molar-refractivity contribution in [1.29, 1.82) is 0 Å². The topological polar surface area (TPSA) is 49.3 Å². The lowest BCUT2D eigenvalue weighted by Gasteiger charge is -2.17. The van der Waals surface area contributed by atoms with Gasteiger partial charge in [-0.25, -0.2) is 0 Å². The molecule has 1 rings (SSSR count). The molecule has 0 aliphatic heterocycles. The molecule has 12 heavy (non-hydrogen) atoms. The number of carboxylic acids is 1. The van der Waals surface area contributed by atoms with Crippen LogP contribution in [0.15, 0.2) is 24.3 Å². The first-order valence-corrected chi connectivity index (χ1v) is 4.02. The monoisotopic (exact) mass is 167 g/mol. The number of nitrogens with one attached hydrogen (secondary N) is 1. The second-order valence-electron chi connectivity index (χ2n) is 2.88. The van der Waals surface area contributed by atoms with Crippen LogP contribution in [-0.2, 0) is 4.79 Å². The Kier molecular flexibility index (Phi) is 3.05. The molecule has 0 saturated heterocycles. The average molecular weight is 167 g/mol. The second-order valence-corrected chi connectivity index (χ2v) is 2.88. The largest absolute Gasteiger partial charge is 0.480 e. The fourth-order valence-electron chi connectivity index (χ4n) is 1.10. The summed E-state index contributed by atoms with van der Waals surface area (Å²) in [6, 6.07) is -0.313. The van der Waals surface area contributed by atoms with Crippen LogP contribution in [0.4, 0.5) is 0 Å². The zero-order valence-corrected chi connectivity index (χ0v) is 7.03. The molecule has 2 N–H and O–H groups in total. The summed E-state index contributed by atoms with van der Waals surface area (Å²) in [6.45, 7) is 1.65. The molecule has 1 aliphatic carbocycles. The van der Waals surface area contributed by atoms with E-state index < -0.39 is 12.0 Å². The minimum Gasteiger partial charge on any atom is -0.480 e. The Bertz CT molecular complexity index is 221. The summed E-state index contributed by atoms with van der Waals surface area (Å²) in [5, 5.41) is 11.6. The van der Waals surface area contributed by atoms with Crippen LogP contribution in [0, 0.1) is 0 Å². The van der Waals surface area contributed by atoms with Gasteiger partial charge < -0.3 is 5.11 Å². The van der Waals surface area contributed by atoms with Crippen molar-refractivity contribution >= 4 is 5.97 Å². The van der Waals surface area contributed by atoms with Gasteiger partial charge in [0.2, 0.25) is 0 Å². The Balaban J connectivity index is 2.36. The number of hydrogen-bond acceptors (Lipinski definition) is 2. The standard InChI is InChI=1S/C9H13NO2/c1-7(9(11)12)10-8-5-3-2-4-6-8/h2-5,7-8,10H,6H2,1H3,(H,11,12)/t7-,8?/m0/s1. The molecule has 66 valence electrons. The fourth-order valence-corrected chi connectivity index (χ4v) is 1.10. The smallest absolute Gasteiger partial charge is 0.320 e. The van der Waals surface area contributed by atoms with Gasteiger partial charge in [0.05, 0.1) is 0 Å². The zero-order valence-electron chi connectivity index (χ0n) is 7.03. The Morgan fingerprint density at radius 2 is 2.42 bits per heavy atom. The molecular weight excluding hydrogens is 154 g/mol. The third kappa shape index (κ3) is 2.51. The van der Waals surface area contributed by atoms with Gasteiger partial charge in [0.15, 0.2) is 0 Å². The zero-order chi connectivity index (χ0) is 8.97. The van der Waals surface area contributed by atoms with Crippen molar-refractivity contribution < 1.29 is 9.90 Å². The summed E-state index contributed by atoms with van der Waals surface area (Å²) in [4.78, 5) is 10.5. The van der Waals surface area contributed by atoms with E-state index in [0.717, 1.165) is 6.42 Å². The van der Waals surface area contributed by atoms with Gasteiger partial charge in [0, 0.05) is 6.04 Å². The number of hydrogen-bond donors (Lipinski definition) is 2. The SMILES string of the molecule is C[C@H](NC1C=CC=CC1)C(=O)O. The van der Waals surface area contributed by atoms with E-state index in [0.29, 0.717) is 0 Å². The summed E-state index contributed by atoms with van der Waals surface area (Å²) in [5.74, 6) is -0.807. The second kappa shape index (κ2) is 4.07. The van der Waals surface area contributed by atoms with Crippen LogP contribution >= 0.6 is 0 Å². The summed E-state index contributed by atoms with van der Waals surface area (Å²) in [6.07, 6.45) is 8.75. The molecule has 1 aliphatic rings. The minimum absolute atomic E-state index is 0.168. The maximum atomic E-state index is 10.5. The fraction of sp³-hybridized carbons (Fsp3) is 0.444. The predicted molar refractivity (Wildman–Crippen MR) is 46.9 cm³/mol. The molecule has 0 aromatic rings. The lowest BCUT2D eigenvalue weighted by atomic mass is 10.1. The molecule has 1 unspecified atom stereocenters. The van der Waals surface area contributed by atoms with E-state index in [1.807, 2.05) is 24.3 Å². The lowest BCUT2D eigenvalue weighted by Crippen LogP contribution is -2.40. The number of carbonyl (C=O) groups is 1. The molecule has 3 heteroatoms. The van der Waals surface area contributed by atoms with Gasteiger partial charge in [-0.3, -0.25) is 10.1 Å². The molecule has 0 saturated carbocycles. The van der Waals surface area contributed by atoms with E-state index in [1.165, 1.54) is 0 Å². The van der Waals surface area contributed by atoms with E-state index in [-0.39, 0.29) is 6.04 Å². The van der Waals surface area contributed by atoms with E-state index in [2.05, 4.69) is 5.32 Å². The number of aliphatic carboxylic acids is 1. The van der Waals surface area contributed by atoms with Crippen molar-refractivity contribution in [3.05, 3.63) is 24.3 Å². The quantitative estimate of drug-likeness (QED) is 0.657. The van der Waals surface area contributed by atoms with Crippen molar-refractivity contribution in [2.24, 2.45) is 0 Å². The third-order valence-corrected chi connectivity index (χ3v) is 1.82. The van der Waals surface area contributed by atoms with E-state index in [1.54, 1.807) is 6.92 Å². The van der Waals surface area contributed by atoms with Crippen LogP contribution in [0.1, 0.15) is 13.3 Å². The maximum Gasteiger partial charge on any atom is 0.320 e. The Morgan fingerprint density at radius 3 is 2.92 bits per heavy atom. The molecule has 2 atom stereocenters. The van der Waals surface area contributed by atoms with Crippen LogP contribution in [0.5, 0.6) is 0 Å². The molecule has 0 fully saturated rings. The normalized spacial score (nSPS) is 23.9. The molecular formula is C9H13NO2. The third-order valence-electron chi connectivity index (χ3n) is 1.82. The lowest BCUT2D eigenvalue weighted by molar-refractivity contribution is -0.139. The molecule has 3 nitrogen and oxygen atoms in total. The minimum atomic E-state index is -0.807. The van der Waals surface area contributed by atoms with E-state index in [9.17, 15) is 4.79 Å². The maximum absolute atomic E-state index is 10.5. The van der Waals surface area contributed by atoms with Crippen LogP contribution in [0.2, 0.25) is 0 Å². The number of carboxylic acid groups (broad SMARTS) is 1. The average Bonchev–Trinajstić information content (AvgIpc) is 2.06. The van der Waals surface area contributed by atoms with Gasteiger partial charge in [0.25, 0.3) is 0 Å². The summed E-state index contributed by atoms with van der Waals surface area (Å²) in [5.41, 5.74) is 0. The van der Waals surface area contributed by atoms with Crippen LogP contribution in [0.25, 0.3) is 0 Å². The summed E-state index contributed by atoms with van der Waals surface area (Å²) < 4.78 is 0. The van der Waals surface area contributed by atoms with E-state index in [4.69, 9.17) is 5.11 Å². The van der Waals surface area contributed by atoms with Crippen LogP contribution < -0.4 is 5.32 Å². The molecule has 0 spiro atoms. The summed E-state index contributed by atoms with van der Waals surface area (Å²) >= 11 is 0. The number of rotatable bonds is 3. The Hall–Kier alpha value is -1.09. The van der Waals surface area contributed by atoms with Crippen LogP contribution in [0.3, 0.4) is 0 Å². The number of allylic oxidation sites excluding steroid dienone is 2. The highest BCUT2D eigenvalue weighted by Gasteiger charge is 2.14. The van der Waals surface area contributed by atoms with Crippen molar-refractivity contribution in [2.45, 2.75) is 25.4 Å². The summed E-state index contributed by atoms with van der Waals surface area (Å²) in [7, 11) is 0. The first-order chi connectivity index (χ1) is 5.70. The predicted octanol–water partition coefficient (Wildman–Crippen LogP) is 0.934. The molecule has 0 aromatic carbocycles. The highest BCUT2D eigenvalue weighted by atomic mass is 16.4. The van der Waals surface area contributed by atoms with Crippen molar-refractivity contribution in [3.8, 4) is 0 Å². The molecule has 0 radical (unpaired) electrons. The van der Waals surface area contributed by atoms with Crippen molar-refractivity contribution in [1.82, 2.24) is 5.32 Å². The first kappa shape index (κ1) is 9.00. The van der Waals surface area contributed by atoms with E-state index >= 15 is 0 Å². The van der Waals surface area contributed by atoms with Gasteiger partial charge in [-0.1, -0.05) is 24.3 Å². The molecule has 0 heterocycles. The highest BCUT2D eigenvalue weighted by Crippen LogP contribution is 2.03. The molecule has 0 aromatic heterocycles. The molecule has 0 bridgehead atoms. The van der Waals surface area contributed by atoms with Gasteiger partial charge in [-0.15, -0.1) is 0 Å². The van der Waals surface area contributed by atoms with Crippen LogP contribution in [-0.4, -0.2) is 23.2 Å². The van der Waals surface area contributed by atoms with Gasteiger partial charge in [-0.05, 0) is 13.3 Å². The first-order valence-electron chi connectivity index (χ1n) is 4.02. The molecule has 0 amide bonds. The van der Waals surface area contributed by atoms with Gasteiger partial charge in [-0.2, -0.15) is 0 Å². The Labute approximate surface area is 71.8 Å². The van der Waals surface area contributed by atoms with Crippen molar-refractivity contribution in [2.75, 3.05) is 0 Å². The Morgan fingerprint density at radius 1 is 1.67 bits per heavy atom.